The summed E-state index contributed by atoms with van der Waals surface area (Å²) in [6.45, 7) is 11.4. The largest absolute Gasteiger partial charge is 0.511 e. The third-order valence-corrected chi connectivity index (χ3v) is 2.65. The summed E-state index contributed by atoms with van der Waals surface area (Å²) in [7, 11) is 0. The van der Waals surface area contributed by atoms with Gasteiger partial charge in [-0.1, -0.05) is 46.4 Å². The van der Waals surface area contributed by atoms with Crippen molar-refractivity contribution in [3.8, 4) is 5.75 Å². The van der Waals surface area contributed by atoms with Crippen LogP contribution in [0.5, 0.6) is 5.75 Å². The molecule has 0 radical (unpaired) electrons. The molecule has 112 valence electrons. The number of nitrogens with two attached hydrogens (primary N) is 1. The summed E-state index contributed by atoms with van der Waals surface area (Å²) in [6, 6.07) is 4.80. The lowest BCUT2D eigenvalue weighted by atomic mass is 10.0. The second-order valence-electron chi connectivity index (χ2n) is 3.82. The molecule has 0 saturated carbocycles. The number of aromatic amines is 1. The van der Waals surface area contributed by atoms with E-state index < -0.39 is 6.04 Å². The maximum Gasteiger partial charge on any atom is 0.139 e. The Hall–Kier alpha value is -1.94. The van der Waals surface area contributed by atoms with Crippen LogP contribution in [0.3, 0.4) is 0 Å². The predicted octanol–water partition coefficient (Wildman–Crippen LogP) is 3.87. The van der Waals surface area contributed by atoms with Crippen LogP contribution in [0.25, 0.3) is 10.9 Å². The van der Waals surface area contributed by atoms with E-state index in [4.69, 9.17) is 10.8 Å². The highest BCUT2D eigenvalue weighted by Crippen LogP contribution is 2.26. The van der Waals surface area contributed by atoms with E-state index in [0.29, 0.717) is 11.9 Å². The van der Waals surface area contributed by atoms with E-state index in [0.717, 1.165) is 10.9 Å². The lowest BCUT2D eigenvalue weighted by molar-refractivity contribution is 0.369. The summed E-state index contributed by atoms with van der Waals surface area (Å²) in [5.41, 5.74) is 7.35. The molecule has 0 amide bonds. The van der Waals surface area contributed by atoms with Gasteiger partial charge in [0.1, 0.15) is 11.5 Å². The van der Waals surface area contributed by atoms with Gasteiger partial charge in [0.2, 0.25) is 0 Å². The first-order chi connectivity index (χ1) is 9.59. The van der Waals surface area contributed by atoms with Crippen molar-refractivity contribution in [3.05, 3.63) is 42.3 Å². The van der Waals surface area contributed by atoms with Crippen molar-refractivity contribution >= 4 is 10.9 Å². The molecular weight excluding hydrogens is 252 g/mol. The second kappa shape index (κ2) is 9.04. The van der Waals surface area contributed by atoms with Gasteiger partial charge >= 0.3 is 0 Å². The summed E-state index contributed by atoms with van der Waals surface area (Å²) in [5.74, 6) is 0.176. The first kappa shape index (κ1) is 18.1. The molecule has 0 bridgehead atoms. The summed E-state index contributed by atoms with van der Waals surface area (Å²) < 4.78 is 0. The molecule has 4 heteroatoms. The number of aromatic hydroxyl groups is 1. The predicted molar refractivity (Wildman–Crippen MR) is 86.1 cm³/mol. The fourth-order valence-corrected chi connectivity index (χ4v) is 1.72. The molecule has 20 heavy (non-hydrogen) atoms. The number of aliphatic hydroxyl groups excluding tert-OH is 1. The fraction of sp³-hybridized carbons (Fsp3) is 0.375. The van der Waals surface area contributed by atoms with Crippen LogP contribution in [0, 0.1) is 0 Å². The molecule has 0 spiro atoms. The molecule has 1 aromatic carbocycles. The van der Waals surface area contributed by atoms with E-state index >= 15 is 0 Å². The topological polar surface area (TPSA) is 82.3 Å². The smallest absolute Gasteiger partial charge is 0.139 e. The zero-order valence-corrected chi connectivity index (χ0v) is 12.8. The highest BCUT2D eigenvalue weighted by atomic mass is 16.3. The monoisotopic (exact) mass is 278 g/mol. The second-order valence-corrected chi connectivity index (χ2v) is 3.82. The van der Waals surface area contributed by atoms with Gasteiger partial charge in [0.25, 0.3) is 0 Å². The maximum atomic E-state index is 9.60. The molecule has 1 unspecified atom stereocenters. The van der Waals surface area contributed by atoms with E-state index in [-0.39, 0.29) is 11.5 Å². The van der Waals surface area contributed by atoms with Crippen molar-refractivity contribution in [2.45, 2.75) is 40.2 Å². The first-order valence-corrected chi connectivity index (χ1v) is 7.01. The highest BCUT2D eigenvalue weighted by molar-refractivity contribution is 5.88. The van der Waals surface area contributed by atoms with E-state index in [9.17, 15) is 5.11 Å². The zero-order chi connectivity index (χ0) is 15.7. The standard InChI is InChI=1S/C12H14N2O2.2C2H6/c1-7(15)10(13)5-8-6-14-12-9(8)3-2-4-11(12)16;2*1-2/h2-4,6,10,14-16H,1,5,13H2;2*1-2H3. The van der Waals surface area contributed by atoms with Crippen LogP contribution in [-0.4, -0.2) is 21.2 Å². The molecule has 2 rings (SSSR count). The van der Waals surface area contributed by atoms with Gasteiger partial charge in [0.15, 0.2) is 0 Å². The summed E-state index contributed by atoms with van der Waals surface area (Å²) in [5, 5.41) is 19.7. The number of H-pyrrole nitrogens is 1. The number of phenols is 1. The van der Waals surface area contributed by atoms with Crippen LogP contribution in [0.1, 0.15) is 33.3 Å². The van der Waals surface area contributed by atoms with Crippen molar-refractivity contribution in [3.63, 3.8) is 0 Å². The first-order valence-electron chi connectivity index (χ1n) is 7.01. The maximum absolute atomic E-state index is 9.60. The van der Waals surface area contributed by atoms with Crippen LogP contribution in [-0.2, 0) is 6.42 Å². The van der Waals surface area contributed by atoms with Gasteiger partial charge < -0.3 is 20.9 Å². The number of hydrogen-bond acceptors (Lipinski definition) is 3. The van der Waals surface area contributed by atoms with E-state index in [2.05, 4.69) is 11.6 Å². The number of hydrogen-bond donors (Lipinski definition) is 4. The zero-order valence-electron chi connectivity index (χ0n) is 12.8. The van der Waals surface area contributed by atoms with E-state index in [1.54, 1.807) is 18.3 Å². The number of fused-ring (bicyclic) bond motifs is 1. The summed E-state index contributed by atoms with van der Waals surface area (Å²) in [6.07, 6.45) is 2.27. The van der Waals surface area contributed by atoms with Crippen molar-refractivity contribution in [2.24, 2.45) is 5.73 Å². The van der Waals surface area contributed by atoms with Crippen molar-refractivity contribution in [2.75, 3.05) is 0 Å². The van der Waals surface area contributed by atoms with Gasteiger partial charge in [0, 0.05) is 11.6 Å². The third kappa shape index (κ3) is 4.31. The van der Waals surface area contributed by atoms with Crippen LogP contribution in [0.15, 0.2) is 36.7 Å². The van der Waals surface area contributed by atoms with Gasteiger partial charge in [-0.3, -0.25) is 0 Å². The molecule has 1 heterocycles. The molecule has 1 atom stereocenters. The molecule has 1 aromatic heterocycles. The van der Waals surface area contributed by atoms with Gasteiger partial charge in [-0.15, -0.1) is 0 Å². The minimum Gasteiger partial charge on any atom is -0.511 e. The lowest BCUT2D eigenvalue weighted by Crippen LogP contribution is -2.24. The Balaban J connectivity index is 0.000000829. The Morgan fingerprint density at radius 1 is 1.30 bits per heavy atom. The van der Waals surface area contributed by atoms with E-state index in [1.165, 1.54) is 0 Å². The minimum absolute atomic E-state index is 0.0329. The van der Waals surface area contributed by atoms with Crippen LogP contribution in [0.2, 0.25) is 0 Å². The Bertz CT molecular complexity index is 532. The molecule has 0 fully saturated rings. The SMILES string of the molecule is C=C(O)C(N)Cc1c[nH]c2c(O)cccc12.CC.CC. The molecule has 0 aliphatic heterocycles. The number of benzene rings is 1. The summed E-state index contributed by atoms with van der Waals surface area (Å²) in [4.78, 5) is 2.98. The van der Waals surface area contributed by atoms with Gasteiger partial charge in [-0.25, -0.2) is 0 Å². The van der Waals surface area contributed by atoms with Crippen LogP contribution < -0.4 is 5.73 Å². The lowest BCUT2D eigenvalue weighted by Gasteiger charge is -2.08. The fourth-order valence-electron chi connectivity index (χ4n) is 1.72. The summed E-state index contributed by atoms with van der Waals surface area (Å²) >= 11 is 0. The van der Waals surface area contributed by atoms with Crippen LogP contribution >= 0.6 is 0 Å². The Morgan fingerprint density at radius 2 is 1.90 bits per heavy atom. The number of para-hydroxylation sites is 1. The number of rotatable bonds is 3. The van der Waals surface area contributed by atoms with Crippen LogP contribution in [0.4, 0.5) is 0 Å². The highest BCUT2D eigenvalue weighted by Gasteiger charge is 2.12. The van der Waals surface area contributed by atoms with E-state index in [1.807, 2.05) is 33.8 Å². The molecule has 5 N–H and O–H groups in total. The minimum atomic E-state index is -0.485. The molecule has 0 saturated heterocycles. The van der Waals surface area contributed by atoms with Gasteiger partial charge in [0.05, 0.1) is 11.6 Å². The molecular formula is C16H26N2O2. The molecule has 0 aliphatic carbocycles. The van der Waals surface area contributed by atoms with Gasteiger partial charge in [-0.05, 0) is 18.1 Å². The third-order valence-electron chi connectivity index (χ3n) is 2.65. The average Bonchev–Trinajstić information content (AvgIpc) is 2.88. The van der Waals surface area contributed by atoms with Crippen molar-refractivity contribution < 1.29 is 10.2 Å². The number of aliphatic hydroxyl groups is 1. The Labute approximate surface area is 120 Å². The average molecular weight is 278 g/mol. The Kier molecular flexibility index (Phi) is 8.16. The van der Waals surface area contributed by atoms with Crippen molar-refractivity contribution in [1.82, 2.24) is 4.98 Å². The number of nitrogens with one attached hydrogen (secondary N) is 1. The normalized spacial score (nSPS) is 10.8. The molecule has 4 nitrogen and oxygen atoms in total. The molecule has 0 aliphatic rings. The molecule has 2 aromatic rings. The number of aromatic nitrogens is 1. The Morgan fingerprint density at radius 3 is 2.45 bits per heavy atom. The van der Waals surface area contributed by atoms with Crippen molar-refractivity contribution in [1.29, 1.82) is 0 Å². The quantitative estimate of drug-likeness (QED) is 0.643. The number of phenolic OH excluding ortho intramolecular Hbond substituents is 1. The van der Waals surface area contributed by atoms with Gasteiger partial charge in [-0.2, -0.15) is 0 Å².